The second-order valence-corrected chi connectivity index (χ2v) is 10.1. The van der Waals surface area contributed by atoms with E-state index in [1.54, 1.807) is 0 Å². The lowest BCUT2D eigenvalue weighted by molar-refractivity contribution is 0.0729. The van der Waals surface area contributed by atoms with Crippen molar-refractivity contribution in [2.75, 3.05) is 11.4 Å². The van der Waals surface area contributed by atoms with Crippen molar-refractivity contribution in [2.45, 2.75) is 57.3 Å². The SMILES string of the molecule is O=C(NC1CC1)c1ccc(CN(C(=O)c2ccc(N3CCc4ccccc4C3)cc2)C2CC2)cc1. The van der Waals surface area contributed by atoms with Crippen LogP contribution in [0.1, 0.15) is 63.1 Å². The predicted molar refractivity (Wildman–Crippen MR) is 137 cm³/mol. The summed E-state index contributed by atoms with van der Waals surface area (Å²) in [7, 11) is 0. The molecule has 0 spiro atoms. The molecule has 0 atom stereocenters. The number of benzene rings is 3. The number of anilines is 1. The van der Waals surface area contributed by atoms with Crippen molar-refractivity contribution in [3.05, 3.63) is 101 Å². The first-order valence-electron chi connectivity index (χ1n) is 12.8. The summed E-state index contributed by atoms with van der Waals surface area (Å²) in [5.74, 6) is 0.0741. The van der Waals surface area contributed by atoms with Gasteiger partial charge in [-0.15, -0.1) is 0 Å². The number of amides is 2. The summed E-state index contributed by atoms with van der Waals surface area (Å²) in [6.07, 6.45) is 5.32. The average molecular weight is 466 g/mol. The van der Waals surface area contributed by atoms with E-state index in [1.165, 1.54) is 11.1 Å². The number of nitrogens with zero attached hydrogens (tertiary/aromatic N) is 2. The van der Waals surface area contributed by atoms with Gasteiger partial charge in [0.2, 0.25) is 0 Å². The molecule has 35 heavy (non-hydrogen) atoms. The molecular weight excluding hydrogens is 434 g/mol. The Morgan fingerprint density at radius 3 is 2.20 bits per heavy atom. The highest BCUT2D eigenvalue weighted by molar-refractivity contribution is 5.95. The van der Waals surface area contributed by atoms with Gasteiger partial charge < -0.3 is 15.1 Å². The van der Waals surface area contributed by atoms with Crippen molar-refractivity contribution in [3.8, 4) is 0 Å². The van der Waals surface area contributed by atoms with Gasteiger partial charge in [0, 0.05) is 48.5 Å². The molecule has 0 aromatic heterocycles. The summed E-state index contributed by atoms with van der Waals surface area (Å²) in [6.45, 7) is 2.47. The van der Waals surface area contributed by atoms with E-state index in [2.05, 4.69) is 46.6 Å². The van der Waals surface area contributed by atoms with E-state index in [4.69, 9.17) is 0 Å². The van der Waals surface area contributed by atoms with Crippen LogP contribution in [0.3, 0.4) is 0 Å². The highest BCUT2D eigenvalue weighted by atomic mass is 16.2. The van der Waals surface area contributed by atoms with Gasteiger partial charge in [-0.1, -0.05) is 36.4 Å². The fraction of sp³-hybridized carbons (Fsp3) is 0.333. The maximum absolute atomic E-state index is 13.4. The van der Waals surface area contributed by atoms with Gasteiger partial charge >= 0.3 is 0 Å². The van der Waals surface area contributed by atoms with Crippen LogP contribution in [-0.4, -0.2) is 35.3 Å². The molecule has 178 valence electrons. The van der Waals surface area contributed by atoms with Crippen LogP contribution in [-0.2, 0) is 19.5 Å². The zero-order valence-corrected chi connectivity index (χ0v) is 20.0. The van der Waals surface area contributed by atoms with Gasteiger partial charge in [0.15, 0.2) is 0 Å². The molecule has 2 fully saturated rings. The number of hydrogen-bond donors (Lipinski definition) is 1. The molecule has 0 radical (unpaired) electrons. The summed E-state index contributed by atoms with van der Waals surface area (Å²) >= 11 is 0. The number of hydrogen-bond acceptors (Lipinski definition) is 3. The topological polar surface area (TPSA) is 52.7 Å². The van der Waals surface area contributed by atoms with Crippen molar-refractivity contribution < 1.29 is 9.59 Å². The number of carbonyl (C=O) groups excluding carboxylic acids is 2. The molecule has 3 aromatic carbocycles. The van der Waals surface area contributed by atoms with Crippen LogP contribution < -0.4 is 10.2 Å². The molecule has 3 aromatic rings. The molecule has 0 saturated heterocycles. The van der Waals surface area contributed by atoms with Crippen molar-refractivity contribution in [1.29, 1.82) is 0 Å². The Hall–Kier alpha value is -3.60. The monoisotopic (exact) mass is 465 g/mol. The number of carbonyl (C=O) groups is 2. The Labute approximate surface area is 206 Å². The van der Waals surface area contributed by atoms with Crippen LogP contribution in [0.4, 0.5) is 5.69 Å². The lowest BCUT2D eigenvalue weighted by Gasteiger charge is -2.31. The molecule has 5 nitrogen and oxygen atoms in total. The quantitative estimate of drug-likeness (QED) is 0.537. The Balaban J connectivity index is 1.12. The Kier molecular flexibility index (Phi) is 5.77. The molecule has 1 N–H and O–H groups in total. The number of fused-ring (bicyclic) bond motifs is 1. The van der Waals surface area contributed by atoms with E-state index in [0.717, 1.165) is 62.0 Å². The van der Waals surface area contributed by atoms with Gasteiger partial charge in [0.05, 0.1) is 0 Å². The highest BCUT2D eigenvalue weighted by Crippen LogP contribution is 2.31. The number of nitrogens with one attached hydrogen (secondary N) is 1. The number of rotatable bonds is 7. The summed E-state index contributed by atoms with van der Waals surface area (Å²) < 4.78 is 0. The largest absolute Gasteiger partial charge is 0.367 e. The van der Waals surface area contributed by atoms with Crippen LogP contribution in [0.25, 0.3) is 0 Å². The Morgan fingerprint density at radius 1 is 0.829 bits per heavy atom. The first-order valence-corrected chi connectivity index (χ1v) is 12.8. The Bertz CT molecular complexity index is 1230. The normalized spacial score (nSPS) is 17.0. The van der Waals surface area contributed by atoms with Crippen LogP contribution in [0.15, 0.2) is 72.8 Å². The molecule has 1 heterocycles. The predicted octanol–water partition coefficient (Wildman–Crippen LogP) is 4.95. The van der Waals surface area contributed by atoms with Gasteiger partial charge in [-0.05, 0) is 85.2 Å². The second-order valence-electron chi connectivity index (χ2n) is 10.1. The standard InChI is InChI=1S/C30H31N3O2/c34-29(31-26-11-12-26)23-7-5-21(6-8-23)19-33(28-15-16-28)30(35)24-9-13-27(14-10-24)32-18-17-22-3-1-2-4-25(22)20-32/h1-10,13-14,26,28H,11-12,15-20H2,(H,31,34). The van der Waals surface area contributed by atoms with Gasteiger partial charge in [0.25, 0.3) is 11.8 Å². The third kappa shape index (κ3) is 4.95. The minimum Gasteiger partial charge on any atom is -0.367 e. The fourth-order valence-electron chi connectivity index (χ4n) is 4.90. The molecule has 5 heteroatoms. The van der Waals surface area contributed by atoms with Crippen LogP contribution in [0, 0.1) is 0 Å². The van der Waals surface area contributed by atoms with Crippen molar-refractivity contribution in [2.24, 2.45) is 0 Å². The smallest absolute Gasteiger partial charge is 0.254 e. The lowest BCUT2D eigenvalue weighted by atomic mass is 9.99. The maximum atomic E-state index is 13.4. The van der Waals surface area contributed by atoms with Crippen molar-refractivity contribution >= 4 is 17.5 Å². The summed E-state index contributed by atoms with van der Waals surface area (Å²) in [6, 6.07) is 25.1. The molecule has 0 bridgehead atoms. The zero-order chi connectivity index (χ0) is 23.8. The third-order valence-corrected chi connectivity index (χ3v) is 7.34. The van der Waals surface area contributed by atoms with E-state index in [9.17, 15) is 9.59 Å². The van der Waals surface area contributed by atoms with Gasteiger partial charge in [-0.2, -0.15) is 0 Å². The minimum atomic E-state index is -0.00791. The summed E-state index contributed by atoms with van der Waals surface area (Å²) in [5.41, 5.74) is 6.45. The van der Waals surface area contributed by atoms with E-state index in [1.807, 2.05) is 41.3 Å². The molecule has 0 unspecified atom stereocenters. The van der Waals surface area contributed by atoms with E-state index < -0.39 is 0 Å². The van der Waals surface area contributed by atoms with Gasteiger partial charge in [-0.3, -0.25) is 9.59 Å². The van der Waals surface area contributed by atoms with E-state index >= 15 is 0 Å². The molecule has 2 amide bonds. The summed E-state index contributed by atoms with van der Waals surface area (Å²) in [5, 5.41) is 3.02. The first-order chi connectivity index (χ1) is 17.1. The maximum Gasteiger partial charge on any atom is 0.254 e. The van der Waals surface area contributed by atoms with Gasteiger partial charge in [0.1, 0.15) is 0 Å². The van der Waals surface area contributed by atoms with Crippen LogP contribution in [0.2, 0.25) is 0 Å². The molecule has 2 aliphatic carbocycles. The van der Waals surface area contributed by atoms with Gasteiger partial charge in [-0.25, -0.2) is 0 Å². The highest BCUT2D eigenvalue weighted by Gasteiger charge is 2.33. The lowest BCUT2D eigenvalue weighted by Crippen LogP contribution is -2.33. The zero-order valence-electron chi connectivity index (χ0n) is 20.0. The molecule has 3 aliphatic rings. The molecule has 6 rings (SSSR count). The van der Waals surface area contributed by atoms with Crippen molar-refractivity contribution in [3.63, 3.8) is 0 Å². The van der Waals surface area contributed by atoms with Crippen molar-refractivity contribution in [1.82, 2.24) is 10.2 Å². The van der Waals surface area contributed by atoms with Crippen LogP contribution in [0.5, 0.6) is 0 Å². The average Bonchev–Trinajstić information content (AvgIpc) is 3.83. The molecule has 1 aliphatic heterocycles. The fourth-order valence-corrected chi connectivity index (χ4v) is 4.90. The van der Waals surface area contributed by atoms with Crippen LogP contribution >= 0.6 is 0 Å². The molecule has 2 saturated carbocycles. The van der Waals surface area contributed by atoms with E-state index in [0.29, 0.717) is 24.2 Å². The second kappa shape index (κ2) is 9.21. The third-order valence-electron chi connectivity index (χ3n) is 7.34. The minimum absolute atomic E-state index is 0.00791. The first kappa shape index (κ1) is 21.9. The molecular formula is C30H31N3O2. The van der Waals surface area contributed by atoms with E-state index in [-0.39, 0.29) is 11.8 Å². The Morgan fingerprint density at radius 2 is 1.51 bits per heavy atom. The summed E-state index contributed by atoms with van der Waals surface area (Å²) in [4.78, 5) is 30.1.